The SMILES string of the molecule is Cc1ccccc1S(=O)(=O)c1nc2[nH]ccc2n2c([C@H]3C[C@@H](N)[C@H]4C[C@H]43)nnc12. The van der Waals surface area contributed by atoms with Gasteiger partial charge < -0.3 is 10.7 Å². The van der Waals surface area contributed by atoms with Gasteiger partial charge in [0.1, 0.15) is 5.82 Å². The molecule has 0 saturated heterocycles. The number of H-pyrrole nitrogens is 1. The summed E-state index contributed by atoms with van der Waals surface area (Å²) in [4.78, 5) is 7.73. The summed E-state index contributed by atoms with van der Waals surface area (Å²) in [5.74, 6) is 2.04. The number of fused-ring (bicyclic) bond motifs is 4. The quantitative estimate of drug-likeness (QED) is 0.536. The van der Waals surface area contributed by atoms with Crippen LogP contribution in [0.15, 0.2) is 46.5 Å². The van der Waals surface area contributed by atoms with E-state index in [1.807, 2.05) is 16.5 Å². The molecule has 2 aliphatic rings. The van der Waals surface area contributed by atoms with Crippen molar-refractivity contribution < 1.29 is 8.42 Å². The molecular weight excluding hydrogens is 388 g/mol. The third-order valence-corrected chi connectivity index (χ3v) is 8.31. The predicted molar refractivity (Wildman–Crippen MR) is 106 cm³/mol. The Morgan fingerprint density at radius 2 is 1.97 bits per heavy atom. The van der Waals surface area contributed by atoms with E-state index < -0.39 is 9.84 Å². The highest BCUT2D eigenvalue weighted by Gasteiger charge is 2.54. The zero-order valence-electron chi connectivity index (χ0n) is 15.8. The normalized spacial score (nSPS) is 26.3. The molecule has 3 N–H and O–H groups in total. The second-order valence-corrected chi connectivity index (χ2v) is 10.0. The molecule has 29 heavy (non-hydrogen) atoms. The van der Waals surface area contributed by atoms with Gasteiger partial charge in [0.2, 0.25) is 14.9 Å². The first-order valence-electron chi connectivity index (χ1n) is 9.75. The van der Waals surface area contributed by atoms with Gasteiger partial charge in [0.15, 0.2) is 11.3 Å². The lowest BCUT2D eigenvalue weighted by atomic mass is 10.0. The zero-order chi connectivity index (χ0) is 19.9. The molecule has 9 heteroatoms. The molecule has 3 heterocycles. The standard InChI is InChI=1S/C20H20N6O2S/c1-10-4-2-3-5-16(10)29(27,28)20-19-25-24-18(13-9-14(21)12-8-11(12)13)26(19)15-6-7-22-17(15)23-20/h2-7,11-14,22H,8-9,21H2,1H3/t11-,12+,13+,14-/m1/s1. The summed E-state index contributed by atoms with van der Waals surface area (Å²) < 4.78 is 28.9. The molecule has 0 radical (unpaired) electrons. The maximum absolute atomic E-state index is 13.5. The van der Waals surface area contributed by atoms with Gasteiger partial charge in [0, 0.05) is 18.2 Å². The van der Waals surface area contributed by atoms with Crippen molar-refractivity contribution in [3.05, 3.63) is 47.9 Å². The molecule has 6 rings (SSSR count). The van der Waals surface area contributed by atoms with Crippen molar-refractivity contribution in [2.75, 3.05) is 0 Å². The first kappa shape index (κ1) is 17.1. The molecule has 2 fully saturated rings. The van der Waals surface area contributed by atoms with Crippen molar-refractivity contribution in [3.63, 3.8) is 0 Å². The molecule has 1 aromatic carbocycles. The molecule has 0 spiro atoms. The topological polar surface area (TPSA) is 119 Å². The van der Waals surface area contributed by atoms with Gasteiger partial charge in [-0.05, 0) is 49.3 Å². The number of nitrogens with two attached hydrogens (primary N) is 1. The highest BCUT2D eigenvalue weighted by atomic mass is 32.2. The van der Waals surface area contributed by atoms with E-state index in [2.05, 4.69) is 20.2 Å². The number of aromatic nitrogens is 5. The Bertz CT molecular complexity index is 1390. The molecule has 0 bridgehead atoms. The van der Waals surface area contributed by atoms with Crippen LogP contribution in [0, 0.1) is 18.8 Å². The van der Waals surface area contributed by atoms with E-state index in [-0.39, 0.29) is 27.5 Å². The number of rotatable bonds is 3. The van der Waals surface area contributed by atoms with Crippen molar-refractivity contribution in [2.24, 2.45) is 17.6 Å². The van der Waals surface area contributed by atoms with Crippen molar-refractivity contribution in [3.8, 4) is 0 Å². The van der Waals surface area contributed by atoms with Crippen LogP contribution in [0.2, 0.25) is 0 Å². The number of hydrogen-bond donors (Lipinski definition) is 2. The first-order chi connectivity index (χ1) is 14.0. The molecular formula is C20H20N6O2S. The summed E-state index contributed by atoms with van der Waals surface area (Å²) in [6, 6.07) is 8.97. The zero-order valence-corrected chi connectivity index (χ0v) is 16.6. The second kappa shape index (κ2) is 5.64. The minimum absolute atomic E-state index is 0.0739. The smallest absolute Gasteiger partial charge is 0.228 e. The number of hydrogen-bond acceptors (Lipinski definition) is 6. The molecule has 8 nitrogen and oxygen atoms in total. The van der Waals surface area contributed by atoms with Crippen LogP contribution >= 0.6 is 0 Å². The minimum atomic E-state index is -3.87. The van der Waals surface area contributed by atoms with Gasteiger partial charge in [-0.15, -0.1) is 10.2 Å². The summed E-state index contributed by atoms with van der Waals surface area (Å²) >= 11 is 0. The van der Waals surface area contributed by atoms with Crippen LogP contribution < -0.4 is 5.73 Å². The number of sulfone groups is 1. The van der Waals surface area contributed by atoms with Crippen LogP contribution in [-0.4, -0.2) is 39.0 Å². The van der Waals surface area contributed by atoms with Crippen molar-refractivity contribution in [1.29, 1.82) is 0 Å². The van der Waals surface area contributed by atoms with Gasteiger partial charge in [-0.2, -0.15) is 0 Å². The first-order valence-corrected chi connectivity index (χ1v) is 11.2. The summed E-state index contributed by atoms with van der Waals surface area (Å²) in [5.41, 5.74) is 8.49. The Morgan fingerprint density at radius 1 is 1.14 bits per heavy atom. The predicted octanol–water partition coefficient (Wildman–Crippen LogP) is 2.20. The lowest BCUT2D eigenvalue weighted by molar-refractivity contribution is 0.548. The van der Waals surface area contributed by atoms with E-state index in [4.69, 9.17) is 5.73 Å². The van der Waals surface area contributed by atoms with Crippen molar-refractivity contribution in [2.45, 2.75) is 41.6 Å². The lowest BCUT2D eigenvalue weighted by Crippen LogP contribution is -2.20. The molecule has 0 amide bonds. The molecule has 2 aliphatic carbocycles. The van der Waals surface area contributed by atoms with Crippen LogP contribution in [0.5, 0.6) is 0 Å². The maximum Gasteiger partial charge on any atom is 0.228 e. The average Bonchev–Trinajstić information content (AvgIpc) is 3.01. The summed E-state index contributed by atoms with van der Waals surface area (Å²) in [5, 5.41) is 8.68. The number of aryl methyl sites for hydroxylation is 1. The number of benzene rings is 1. The van der Waals surface area contributed by atoms with E-state index >= 15 is 0 Å². The highest BCUT2D eigenvalue weighted by molar-refractivity contribution is 7.91. The van der Waals surface area contributed by atoms with Gasteiger partial charge in [0.05, 0.1) is 10.4 Å². The second-order valence-electron chi connectivity index (χ2n) is 8.18. The third kappa shape index (κ3) is 2.28. The molecule has 4 atom stereocenters. The van der Waals surface area contributed by atoms with Gasteiger partial charge in [0.25, 0.3) is 0 Å². The van der Waals surface area contributed by atoms with Crippen molar-refractivity contribution in [1.82, 2.24) is 24.6 Å². The Kier molecular flexibility index (Phi) is 3.33. The molecule has 2 saturated carbocycles. The summed E-state index contributed by atoms with van der Waals surface area (Å²) in [6.07, 6.45) is 3.71. The Hall–Kier alpha value is -2.78. The fraction of sp³-hybridized carbons (Fsp3) is 0.350. The van der Waals surface area contributed by atoms with Crippen LogP contribution in [0.1, 0.15) is 30.1 Å². The van der Waals surface area contributed by atoms with E-state index in [1.165, 1.54) is 0 Å². The molecule has 4 aromatic rings. The molecule has 0 unspecified atom stereocenters. The monoisotopic (exact) mass is 408 g/mol. The van der Waals surface area contributed by atoms with Crippen LogP contribution in [-0.2, 0) is 9.84 Å². The minimum Gasteiger partial charge on any atom is -0.345 e. The van der Waals surface area contributed by atoms with Gasteiger partial charge in [-0.1, -0.05) is 18.2 Å². The Morgan fingerprint density at radius 3 is 2.69 bits per heavy atom. The lowest BCUT2D eigenvalue weighted by Gasteiger charge is -2.13. The number of nitrogens with one attached hydrogen (secondary N) is 1. The Labute approximate surface area is 167 Å². The van der Waals surface area contributed by atoms with E-state index in [0.717, 1.165) is 24.2 Å². The van der Waals surface area contributed by atoms with E-state index in [1.54, 1.807) is 31.3 Å². The maximum atomic E-state index is 13.5. The third-order valence-electron chi connectivity index (χ3n) is 6.49. The average molecular weight is 408 g/mol. The Balaban J connectivity index is 1.63. The van der Waals surface area contributed by atoms with Crippen LogP contribution in [0.25, 0.3) is 16.8 Å². The van der Waals surface area contributed by atoms with E-state index in [9.17, 15) is 8.42 Å². The molecule has 3 aromatic heterocycles. The summed E-state index contributed by atoms with van der Waals surface area (Å²) in [7, 11) is -3.87. The highest BCUT2D eigenvalue weighted by Crippen LogP contribution is 2.58. The van der Waals surface area contributed by atoms with Crippen LogP contribution in [0.4, 0.5) is 0 Å². The molecule has 0 aliphatic heterocycles. The summed E-state index contributed by atoms with van der Waals surface area (Å²) in [6.45, 7) is 1.78. The van der Waals surface area contributed by atoms with E-state index in [0.29, 0.717) is 23.0 Å². The molecule has 148 valence electrons. The number of aromatic amines is 1. The van der Waals surface area contributed by atoms with Gasteiger partial charge in [-0.3, -0.25) is 4.40 Å². The largest absolute Gasteiger partial charge is 0.345 e. The van der Waals surface area contributed by atoms with Gasteiger partial charge >= 0.3 is 0 Å². The fourth-order valence-corrected chi connectivity index (χ4v) is 6.50. The number of nitrogens with zero attached hydrogens (tertiary/aromatic N) is 4. The van der Waals surface area contributed by atoms with Gasteiger partial charge in [-0.25, -0.2) is 13.4 Å². The fourth-order valence-electron chi connectivity index (χ4n) is 4.96. The van der Waals surface area contributed by atoms with Crippen molar-refractivity contribution >= 4 is 26.6 Å². The van der Waals surface area contributed by atoms with Crippen LogP contribution in [0.3, 0.4) is 0 Å².